The maximum absolute atomic E-state index is 12.6. The second-order valence-electron chi connectivity index (χ2n) is 5.29. The van der Waals surface area contributed by atoms with Crippen LogP contribution in [-0.2, 0) is 10.0 Å². The van der Waals surface area contributed by atoms with Gasteiger partial charge in [0.2, 0.25) is 10.0 Å². The van der Waals surface area contributed by atoms with Gasteiger partial charge in [-0.05, 0) is 25.3 Å². The van der Waals surface area contributed by atoms with Crippen molar-refractivity contribution in [3.63, 3.8) is 0 Å². The van der Waals surface area contributed by atoms with Crippen LogP contribution in [0.4, 0.5) is 0 Å². The molecule has 2 atom stereocenters. The molecule has 1 aliphatic rings. The summed E-state index contributed by atoms with van der Waals surface area (Å²) in [5.74, 6) is 0.856. The molecule has 9 heteroatoms. The molecule has 1 aromatic carbocycles. The number of sulfonamides is 1. The summed E-state index contributed by atoms with van der Waals surface area (Å²) in [5, 5.41) is 0.0902. The Morgan fingerprint density at radius 1 is 1.26 bits per heavy atom. The van der Waals surface area contributed by atoms with Gasteiger partial charge < -0.3 is 15.2 Å². The summed E-state index contributed by atoms with van der Waals surface area (Å²) in [6, 6.07) is 2.65. The minimum atomic E-state index is -3.75. The molecule has 0 saturated heterocycles. The number of methoxy groups -OCH3 is 2. The number of rotatable bonds is 6. The van der Waals surface area contributed by atoms with Gasteiger partial charge in [-0.15, -0.1) is 12.4 Å². The highest BCUT2D eigenvalue weighted by Crippen LogP contribution is 2.36. The standard InChI is InChI=1S/C14H21ClN2O4S.ClH/c1-20-12-6-10(15)14(7-13(12)21-2)22(18,19)17-11-5-3-4-9(11)8-16;/h6-7,9,11,17H,3-5,8,16H2,1-2H3;1H. The summed E-state index contributed by atoms with van der Waals surface area (Å²) in [6.45, 7) is 0.465. The molecule has 0 spiro atoms. The lowest BCUT2D eigenvalue weighted by molar-refractivity contribution is 0.354. The van der Waals surface area contributed by atoms with Crippen LogP contribution in [0.1, 0.15) is 19.3 Å². The van der Waals surface area contributed by atoms with Gasteiger partial charge in [-0.25, -0.2) is 13.1 Å². The summed E-state index contributed by atoms with van der Waals surface area (Å²) in [5.41, 5.74) is 5.70. The molecule has 0 bridgehead atoms. The van der Waals surface area contributed by atoms with E-state index in [1.54, 1.807) is 0 Å². The molecular formula is C14H22Cl2N2O4S. The molecule has 132 valence electrons. The van der Waals surface area contributed by atoms with Crippen LogP contribution in [0.3, 0.4) is 0 Å². The van der Waals surface area contributed by atoms with E-state index in [1.165, 1.54) is 26.4 Å². The van der Waals surface area contributed by atoms with Gasteiger partial charge in [-0.2, -0.15) is 0 Å². The second kappa shape index (κ2) is 8.39. The Balaban J connectivity index is 0.00000264. The van der Waals surface area contributed by atoms with Gasteiger partial charge in [0, 0.05) is 18.2 Å². The van der Waals surface area contributed by atoms with Gasteiger partial charge in [0.1, 0.15) is 4.90 Å². The highest BCUT2D eigenvalue weighted by atomic mass is 35.5. The molecule has 0 amide bonds. The third kappa shape index (κ3) is 4.42. The molecule has 2 unspecified atom stereocenters. The first kappa shape index (κ1) is 20.3. The molecule has 1 fully saturated rings. The monoisotopic (exact) mass is 384 g/mol. The Hall–Kier alpha value is -0.730. The van der Waals surface area contributed by atoms with Gasteiger partial charge in [0.25, 0.3) is 0 Å². The largest absolute Gasteiger partial charge is 0.493 e. The van der Waals surface area contributed by atoms with E-state index in [2.05, 4.69) is 4.72 Å². The summed E-state index contributed by atoms with van der Waals surface area (Å²) >= 11 is 6.10. The molecule has 3 N–H and O–H groups in total. The number of ether oxygens (including phenoxy) is 2. The number of hydrogen-bond acceptors (Lipinski definition) is 5. The smallest absolute Gasteiger partial charge is 0.242 e. The number of nitrogens with two attached hydrogens (primary N) is 1. The molecule has 0 heterocycles. The molecular weight excluding hydrogens is 363 g/mol. The number of benzene rings is 1. The van der Waals surface area contributed by atoms with Crippen molar-refractivity contribution in [1.29, 1.82) is 0 Å². The highest BCUT2D eigenvalue weighted by molar-refractivity contribution is 7.89. The zero-order chi connectivity index (χ0) is 16.3. The van der Waals surface area contributed by atoms with Gasteiger partial charge in [0.05, 0.1) is 19.2 Å². The predicted octanol–water partition coefficient (Wildman–Crippen LogP) is 2.18. The van der Waals surface area contributed by atoms with E-state index < -0.39 is 10.0 Å². The van der Waals surface area contributed by atoms with Crippen LogP contribution < -0.4 is 19.9 Å². The molecule has 0 aliphatic heterocycles. The van der Waals surface area contributed by atoms with Gasteiger partial charge in [0.15, 0.2) is 11.5 Å². The van der Waals surface area contributed by atoms with Crippen molar-refractivity contribution in [2.45, 2.75) is 30.2 Å². The molecule has 1 aromatic rings. The maximum Gasteiger partial charge on any atom is 0.242 e. The fourth-order valence-electron chi connectivity index (χ4n) is 2.78. The van der Waals surface area contributed by atoms with Crippen LogP contribution in [-0.4, -0.2) is 35.2 Å². The van der Waals surface area contributed by atoms with Crippen molar-refractivity contribution in [3.05, 3.63) is 17.2 Å². The number of nitrogens with one attached hydrogen (secondary N) is 1. The van der Waals surface area contributed by atoms with E-state index in [4.69, 9.17) is 26.8 Å². The minimum absolute atomic E-state index is 0. The molecule has 2 rings (SSSR count). The van der Waals surface area contributed by atoms with Crippen molar-refractivity contribution in [2.24, 2.45) is 11.7 Å². The topological polar surface area (TPSA) is 90.7 Å². The first-order valence-corrected chi connectivity index (χ1v) is 8.93. The van der Waals surface area contributed by atoms with Crippen molar-refractivity contribution in [3.8, 4) is 11.5 Å². The summed E-state index contributed by atoms with van der Waals surface area (Å²) in [6.07, 6.45) is 2.68. The first-order chi connectivity index (χ1) is 10.4. The number of hydrogen-bond donors (Lipinski definition) is 2. The van der Waals surface area contributed by atoms with Gasteiger partial charge >= 0.3 is 0 Å². The van der Waals surface area contributed by atoms with Crippen molar-refractivity contribution in [1.82, 2.24) is 4.72 Å². The van der Waals surface area contributed by atoms with Crippen LogP contribution in [0.2, 0.25) is 5.02 Å². The molecule has 23 heavy (non-hydrogen) atoms. The summed E-state index contributed by atoms with van der Waals surface area (Å²) in [4.78, 5) is -0.0190. The second-order valence-corrected chi connectivity index (χ2v) is 7.38. The lowest BCUT2D eigenvalue weighted by atomic mass is 10.1. The molecule has 6 nitrogen and oxygen atoms in total. The van der Waals surface area contributed by atoms with E-state index in [0.717, 1.165) is 19.3 Å². The van der Waals surface area contributed by atoms with Crippen molar-refractivity contribution in [2.75, 3.05) is 20.8 Å². The number of halogens is 2. The third-order valence-electron chi connectivity index (χ3n) is 4.00. The molecule has 0 radical (unpaired) electrons. The quantitative estimate of drug-likeness (QED) is 0.784. The average Bonchev–Trinajstić information content (AvgIpc) is 2.92. The minimum Gasteiger partial charge on any atom is -0.493 e. The normalized spacial score (nSPS) is 20.9. The maximum atomic E-state index is 12.6. The van der Waals surface area contributed by atoms with Crippen LogP contribution in [0.25, 0.3) is 0 Å². The zero-order valence-electron chi connectivity index (χ0n) is 13.0. The van der Waals surface area contributed by atoms with Crippen LogP contribution >= 0.6 is 24.0 Å². The Morgan fingerprint density at radius 2 is 1.87 bits per heavy atom. The molecule has 1 aliphatic carbocycles. The lowest BCUT2D eigenvalue weighted by Crippen LogP contribution is -2.39. The first-order valence-electron chi connectivity index (χ1n) is 7.07. The Labute approximate surface area is 148 Å². The molecule has 1 saturated carbocycles. The van der Waals surface area contributed by atoms with Crippen LogP contribution in [0, 0.1) is 5.92 Å². The SMILES string of the molecule is COc1cc(Cl)c(S(=O)(=O)NC2CCCC2CN)cc1OC.Cl. The van der Waals surface area contributed by atoms with Gasteiger partial charge in [-0.3, -0.25) is 0 Å². The Kier molecular flexibility index (Phi) is 7.41. The molecule has 0 aromatic heterocycles. The Morgan fingerprint density at radius 3 is 2.43 bits per heavy atom. The highest BCUT2D eigenvalue weighted by Gasteiger charge is 2.31. The lowest BCUT2D eigenvalue weighted by Gasteiger charge is -2.20. The Bertz CT molecular complexity index is 640. The van der Waals surface area contributed by atoms with E-state index in [9.17, 15) is 8.42 Å². The van der Waals surface area contributed by atoms with E-state index in [1.807, 2.05) is 0 Å². The van der Waals surface area contributed by atoms with E-state index in [0.29, 0.717) is 18.0 Å². The third-order valence-corrected chi connectivity index (χ3v) is 5.95. The van der Waals surface area contributed by atoms with Crippen LogP contribution in [0.15, 0.2) is 17.0 Å². The van der Waals surface area contributed by atoms with Crippen LogP contribution in [0.5, 0.6) is 11.5 Å². The fraction of sp³-hybridized carbons (Fsp3) is 0.571. The van der Waals surface area contributed by atoms with E-state index in [-0.39, 0.29) is 34.3 Å². The summed E-state index contributed by atoms with van der Waals surface area (Å²) in [7, 11) is -0.843. The fourth-order valence-corrected chi connectivity index (χ4v) is 4.65. The van der Waals surface area contributed by atoms with Crippen molar-refractivity contribution < 1.29 is 17.9 Å². The average molecular weight is 385 g/mol. The van der Waals surface area contributed by atoms with Crippen molar-refractivity contribution >= 4 is 34.0 Å². The van der Waals surface area contributed by atoms with E-state index >= 15 is 0 Å². The summed E-state index contributed by atoms with van der Waals surface area (Å²) < 4.78 is 38.2. The predicted molar refractivity (Wildman–Crippen MR) is 92.3 cm³/mol. The zero-order valence-corrected chi connectivity index (χ0v) is 15.4. The van der Waals surface area contributed by atoms with Gasteiger partial charge in [-0.1, -0.05) is 18.0 Å².